The number of anilines is 1. The molecule has 1 aliphatic heterocycles. The first-order chi connectivity index (χ1) is 11.7. The fourth-order valence-electron chi connectivity index (χ4n) is 2.68. The molecule has 0 radical (unpaired) electrons. The normalized spacial score (nSPS) is 14.8. The lowest BCUT2D eigenvalue weighted by atomic mass is 10.1. The molecule has 0 aliphatic carbocycles. The lowest BCUT2D eigenvalue weighted by molar-refractivity contribution is -0.114. The molecule has 0 saturated carbocycles. The molecule has 24 heavy (non-hydrogen) atoms. The average Bonchev–Trinajstić information content (AvgIpc) is 3.20. The van der Waals surface area contributed by atoms with Gasteiger partial charge in [-0.05, 0) is 34.7 Å². The number of amides is 1. The van der Waals surface area contributed by atoms with Crippen LogP contribution in [-0.2, 0) is 4.79 Å². The van der Waals surface area contributed by atoms with Gasteiger partial charge >= 0.3 is 5.91 Å². The van der Waals surface area contributed by atoms with Crippen LogP contribution in [0.1, 0.15) is 21.6 Å². The van der Waals surface area contributed by atoms with E-state index in [1.54, 1.807) is 24.3 Å². The van der Waals surface area contributed by atoms with E-state index in [1.165, 1.54) is 9.58 Å². The first-order valence-electron chi connectivity index (χ1n) is 7.17. The second-order valence-corrected chi connectivity index (χ2v) is 5.67. The molecule has 1 amide bonds. The van der Waals surface area contributed by atoms with Crippen molar-refractivity contribution in [2.75, 3.05) is 4.90 Å². The molecule has 0 spiro atoms. The number of ketones is 1. The van der Waals surface area contributed by atoms with Crippen LogP contribution in [0.3, 0.4) is 0 Å². The highest BCUT2D eigenvalue weighted by Gasteiger charge is 2.40. The topological polar surface area (TPSA) is 81.0 Å². The van der Waals surface area contributed by atoms with E-state index in [0.717, 1.165) is 5.69 Å². The Balaban J connectivity index is 1.79. The highest BCUT2D eigenvalue weighted by molar-refractivity contribution is 7.80. The zero-order valence-electron chi connectivity index (χ0n) is 12.3. The van der Waals surface area contributed by atoms with E-state index in [2.05, 4.69) is 28.2 Å². The van der Waals surface area contributed by atoms with Crippen molar-refractivity contribution in [3.8, 4) is 5.69 Å². The van der Waals surface area contributed by atoms with Crippen molar-refractivity contribution in [1.29, 1.82) is 0 Å². The van der Waals surface area contributed by atoms with Crippen LogP contribution in [0.4, 0.5) is 5.69 Å². The lowest BCUT2D eigenvalue weighted by Gasteiger charge is -2.22. The van der Waals surface area contributed by atoms with Crippen LogP contribution in [0.25, 0.3) is 5.69 Å². The first-order valence-corrected chi connectivity index (χ1v) is 7.69. The molecule has 1 aliphatic rings. The quantitative estimate of drug-likeness (QED) is 0.582. The molecule has 1 aromatic heterocycles. The summed E-state index contributed by atoms with van der Waals surface area (Å²) in [5.74, 6) is -0.843. The Bertz CT molecular complexity index is 940. The van der Waals surface area contributed by atoms with Crippen molar-refractivity contribution in [1.82, 2.24) is 20.2 Å². The third kappa shape index (κ3) is 2.11. The Morgan fingerprint density at radius 3 is 2.46 bits per heavy atom. The maximum absolute atomic E-state index is 12.4. The Hall–Kier alpha value is -3.00. The summed E-state index contributed by atoms with van der Waals surface area (Å²) < 4.78 is 1.50. The summed E-state index contributed by atoms with van der Waals surface area (Å²) in [6, 6.07) is 16.1. The average molecular weight is 337 g/mol. The summed E-state index contributed by atoms with van der Waals surface area (Å²) in [6.07, 6.45) is 0. The maximum Gasteiger partial charge on any atom is 0.300 e. The Labute approximate surface area is 142 Å². The smallest absolute Gasteiger partial charge is 0.285 e. The number of Topliss-reactive ketones (excluding diaryl/α,β-unsaturated/α-hetero) is 1. The molecule has 7 nitrogen and oxygen atoms in total. The SMILES string of the molecule is O=C1C(=O)N(C(S)c2nnnn2-c2ccccc2)c2ccccc21. The number of thiol groups is 1. The second kappa shape index (κ2) is 5.57. The molecule has 0 N–H and O–H groups in total. The molecule has 1 atom stereocenters. The van der Waals surface area contributed by atoms with Gasteiger partial charge in [-0.2, -0.15) is 4.68 Å². The number of nitrogens with zero attached hydrogens (tertiary/aromatic N) is 5. The summed E-state index contributed by atoms with van der Waals surface area (Å²) in [5.41, 5.74) is 1.61. The monoisotopic (exact) mass is 337 g/mol. The molecule has 1 unspecified atom stereocenters. The van der Waals surface area contributed by atoms with Crippen LogP contribution < -0.4 is 4.90 Å². The van der Waals surface area contributed by atoms with Gasteiger partial charge in [0.15, 0.2) is 5.82 Å². The van der Waals surface area contributed by atoms with Gasteiger partial charge in [0.25, 0.3) is 5.78 Å². The van der Waals surface area contributed by atoms with E-state index in [0.29, 0.717) is 17.1 Å². The summed E-state index contributed by atoms with van der Waals surface area (Å²) in [5, 5.41) is 10.8. The summed E-state index contributed by atoms with van der Waals surface area (Å²) in [7, 11) is 0. The molecule has 0 bridgehead atoms. The minimum Gasteiger partial charge on any atom is -0.285 e. The van der Waals surface area contributed by atoms with E-state index in [4.69, 9.17) is 0 Å². The van der Waals surface area contributed by atoms with Gasteiger partial charge in [0, 0.05) is 0 Å². The number of tetrazole rings is 1. The fraction of sp³-hybridized carbons (Fsp3) is 0.0625. The van der Waals surface area contributed by atoms with Crippen molar-refractivity contribution >= 4 is 30.0 Å². The van der Waals surface area contributed by atoms with Gasteiger partial charge in [-0.1, -0.05) is 30.3 Å². The zero-order valence-corrected chi connectivity index (χ0v) is 13.2. The number of carbonyl (C=O) groups excluding carboxylic acids is 2. The minimum absolute atomic E-state index is 0.349. The number of rotatable bonds is 3. The van der Waals surface area contributed by atoms with Gasteiger partial charge in [0.1, 0.15) is 5.37 Å². The van der Waals surface area contributed by atoms with E-state index < -0.39 is 17.1 Å². The second-order valence-electron chi connectivity index (χ2n) is 5.18. The van der Waals surface area contributed by atoms with Crippen LogP contribution in [0.5, 0.6) is 0 Å². The predicted molar refractivity (Wildman–Crippen MR) is 89.1 cm³/mol. The Morgan fingerprint density at radius 2 is 1.67 bits per heavy atom. The van der Waals surface area contributed by atoms with Crippen LogP contribution in [0.2, 0.25) is 0 Å². The largest absolute Gasteiger partial charge is 0.300 e. The lowest BCUT2D eigenvalue weighted by Crippen LogP contribution is -2.32. The maximum atomic E-state index is 12.4. The molecule has 2 aromatic carbocycles. The standard InChI is InChI=1S/C16H11N5O2S/c22-13-11-8-4-5-9-12(11)20(15(13)23)16(24)14-17-18-19-21(14)10-6-2-1-3-7-10/h1-9,16,24H. The Morgan fingerprint density at radius 1 is 0.958 bits per heavy atom. The Kier molecular flexibility index (Phi) is 3.39. The fourth-order valence-corrected chi connectivity index (χ4v) is 3.07. The van der Waals surface area contributed by atoms with Crippen LogP contribution in [0.15, 0.2) is 54.6 Å². The third-order valence-electron chi connectivity index (χ3n) is 3.79. The minimum atomic E-state index is -0.791. The number of fused-ring (bicyclic) bond motifs is 1. The number of hydrogen-bond acceptors (Lipinski definition) is 6. The molecule has 0 fully saturated rings. The summed E-state index contributed by atoms with van der Waals surface area (Å²) in [4.78, 5) is 25.9. The highest BCUT2D eigenvalue weighted by Crippen LogP contribution is 2.37. The molecular formula is C16H11N5O2S. The number of para-hydroxylation sites is 2. The molecule has 3 aromatic rings. The van der Waals surface area contributed by atoms with Gasteiger partial charge in [0.05, 0.1) is 16.9 Å². The molecule has 4 rings (SSSR count). The first kappa shape index (κ1) is 14.6. The third-order valence-corrected chi connectivity index (χ3v) is 4.25. The molecule has 2 heterocycles. The van der Waals surface area contributed by atoms with Gasteiger partial charge in [0.2, 0.25) is 0 Å². The molecule has 8 heteroatoms. The summed E-state index contributed by atoms with van der Waals surface area (Å²) in [6.45, 7) is 0. The van der Waals surface area contributed by atoms with Gasteiger partial charge in [-0.3, -0.25) is 14.5 Å². The molecule has 118 valence electrons. The summed E-state index contributed by atoms with van der Waals surface area (Å²) >= 11 is 4.51. The predicted octanol–water partition coefficient (Wildman–Crippen LogP) is 1.82. The van der Waals surface area contributed by atoms with E-state index >= 15 is 0 Å². The number of hydrogen-bond donors (Lipinski definition) is 1. The molecular weight excluding hydrogens is 326 g/mol. The van der Waals surface area contributed by atoms with Crippen molar-refractivity contribution in [3.05, 3.63) is 66.0 Å². The van der Waals surface area contributed by atoms with Crippen molar-refractivity contribution in [2.45, 2.75) is 5.37 Å². The van der Waals surface area contributed by atoms with Gasteiger partial charge in [-0.15, -0.1) is 17.7 Å². The number of aromatic nitrogens is 4. The van der Waals surface area contributed by atoms with Crippen LogP contribution >= 0.6 is 12.6 Å². The van der Waals surface area contributed by atoms with Crippen LogP contribution in [0, 0.1) is 0 Å². The highest BCUT2D eigenvalue weighted by atomic mass is 32.1. The van der Waals surface area contributed by atoms with Gasteiger partial charge < -0.3 is 0 Å². The van der Waals surface area contributed by atoms with Crippen LogP contribution in [-0.4, -0.2) is 31.9 Å². The zero-order chi connectivity index (χ0) is 16.7. The van der Waals surface area contributed by atoms with E-state index in [1.807, 2.05) is 30.3 Å². The number of carbonyl (C=O) groups is 2. The van der Waals surface area contributed by atoms with Crippen molar-refractivity contribution in [2.24, 2.45) is 0 Å². The van der Waals surface area contributed by atoms with E-state index in [-0.39, 0.29) is 0 Å². The number of benzene rings is 2. The van der Waals surface area contributed by atoms with Crippen molar-refractivity contribution in [3.63, 3.8) is 0 Å². The van der Waals surface area contributed by atoms with E-state index in [9.17, 15) is 9.59 Å². The van der Waals surface area contributed by atoms with Gasteiger partial charge in [-0.25, -0.2) is 0 Å². The van der Waals surface area contributed by atoms with Crippen molar-refractivity contribution < 1.29 is 9.59 Å². The molecule has 0 saturated heterocycles.